The van der Waals surface area contributed by atoms with Gasteiger partial charge in [0.25, 0.3) is 0 Å². The normalized spacial score (nSPS) is 14.1. The van der Waals surface area contributed by atoms with E-state index in [4.69, 9.17) is 0 Å². The van der Waals surface area contributed by atoms with Crippen LogP contribution in [0.25, 0.3) is 0 Å². The van der Waals surface area contributed by atoms with Crippen LogP contribution in [0.15, 0.2) is 48.5 Å². The summed E-state index contributed by atoms with van der Waals surface area (Å²) in [5.41, 5.74) is 4.20. The molecule has 4 heteroatoms. The minimum absolute atomic E-state index is 0.0371. The molecule has 0 unspecified atom stereocenters. The average Bonchev–Trinajstić information content (AvgIpc) is 3.26. The molecule has 30 heavy (non-hydrogen) atoms. The fraction of sp³-hybridized carbons (Fsp3) is 0.462. The van der Waals surface area contributed by atoms with Crippen LogP contribution in [-0.2, 0) is 22.6 Å². The van der Waals surface area contributed by atoms with E-state index in [-0.39, 0.29) is 17.7 Å². The molecular weight excluding hydrogens is 372 g/mol. The number of aryl methyl sites for hydroxylation is 1. The molecule has 0 radical (unpaired) electrons. The quantitative estimate of drug-likeness (QED) is 0.668. The largest absolute Gasteiger partial charge is 0.356 e. The predicted octanol–water partition coefficient (Wildman–Crippen LogP) is 5.03. The van der Waals surface area contributed by atoms with Crippen molar-refractivity contribution in [2.45, 2.75) is 59.4 Å². The molecule has 1 aliphatic rings. The Bertz CT molecular complexity index is 852. The van der Waals surface area contributed by atoms with Gasteiger partial charge in [0.05, 0.1) is 13.0 Å². The van der Waals surface area contributed by atoms with Crippen molar-refractivity contribution < 1.29 is 9.59 Å². The molecule has 0 spiro atoms. The Kier molecular flexibility index (Phi) is 7.67. The number of hydrogen-bond donors (Lipinski definition) is 1. The van der Waals surface area contributed by atoms with Crippen molar-refractivity contribution in [3.05, 3.63) is 65.2 Å². The molecule has 0 bridgehead atoms. The molecule has 0 atom stereocenters. The Labute approximate surface area is 180 Å². The van der Waals surface area contributed by atoms with Crippen LogP contribution in [0.2, 0.25) is 0 Å². The second kappa shape index (κ2) is 10.4. The van der Waals surface area contributed by atoms with Gasteiger partial charge in [0.2, 0.25) is 11.8 Å². The fourth-order valence-corrected chi connectivity index (χ4v) is 4.04. The summed E-state index contributed by atoms with van der Waals surface area (Å²) in [6, 6.07) is 16.2. The van der Waals surface area contributed by atoms with Gasteiger partial charge in [-0.05, 0) is 48.9 Å². The van der Waals surface area contributed by atoms with E-state index in [0.29, 0.717) is 25.4 Å². The van der Waals surface area contributed by atoms with Crippen molar-refractivity contribution in [1.82, 2.24) is 5.32 Å². The Hall–Kier alpha value is -2.62. The molecule has 1 fully saturated rings. The number of amides is 2. The van der Waals surface area contributed by atoms with Crippen LogP contribution in [-0.4, -0.2) is 18.4 Å². The third-order valence-electron chi connectivity index (χ3n) is 5.71. The lowest BCUT2D eigenvalue weighted by atomic mass is 10.0. The van der Waals surface area contributed by atoms with Crippen LogP contribution in [0.1, 0.15) is 56.2 Å². The summed E-state index contributed by atoms with van der Waals surface area (Å²) in [7, 11) is 0. The van der Waals surface area contributed by atoms with Gasteiger partial charge in [0.15, 0.2) is 0 Å². The van der Waals surface area contributed by atoms with Gasteiger partial charge in [-0.1, -0.05) is 68.7 Å². The van der Waals surface area contributed by atoms with Crippen LogP contribution in [0.3, 0.4) is 0 Å². The van der Waals surface area contributed by atoms with Gasteiger partial charge in [-0.2, -0.15) is 0 Å². The van der Waals surface area contributed by atoms with E-state index in [1.165, 1.54) is 5.56 Å². The summed E-state index contributed by atoms with van der Waals surface area (Å²) in [6.45, 7) is 7.51. The van der Waals surface area contributed by atoms with Crippen LogP contribution in [0.5, 0.6) is 0 Å². The monoisotopic (exact) mass is 406 g/mol. The zero-order valence-electron chi connectivity index (χ0n) is 18.5. The van der Waals surface area contributed by atoms with E-state index in [1.54, 1.807) is 0 Å². The number of anilines is 1. The molecule has 3 rings (SSSR count). The van der Waals surface area contributed by atoms with E-state index >= 15 is 0 Å². The SMILES string of the molecule is Cc1cccc(CN(C(=O)C2CCCC2)c2ccc(CC(=O)NCC(C)C)cc2)c1. The molecule has 0 saturated heterocycles. The number of rotatable bonds is 8. The van der Waals surface area contributed by atoms with Gasteiger partial charge in [-0.15, -0.1) is 0 Å². The molecule has 160 valence electrons. The Morgan fingerprint density at radius 3 is 2.37 bits per heavy atom. The minimum Gasteiger partial charge on any atom is -0.356 e. The summed E-state index contributed by atoms with van der Waals surface area (Å²) in [6.07, 6.45) is 4.61. The number of carbonyl (C=O) groups is 2. The fourth-order valence-electron chi connectivity index (χ4n) is 4.04. The standard InChI is InChI=1S/C26H34N2O2/c1-19(2)17-27-25(29)16-21-11-13-24(14-12-21)28(26(30)23-9-4-5-10-23)18-22-8-6-7-20(3)15-22/h6-8,11-15,19,23H,4-5,9-10,16-18H2,1-3H3,(H,27,29). The van der Waals surface area contributed by atoms with E-state index in [0.717, 1.165) is 42.5 Å². The molecule has 0 aliphatic heterocycles. The van der Waals surface area contributed by atoms with Gasteiger partial charge < -0.3 is 10.2 Å². The molecule has 2 amide bonds. The van der Waals surface area contributed by atoms with E-state index in [9.17, 15) is 9.59 Å². The first kappa shape index (κ1) is 22.1. The Morgan fingerprint density at radius 2 is 1.73 bits per heavy atom. The molecule has 2 aromatic carbocycles. The highest BCUT2D eigenvalue weighted by atomic mass is 16.2. The minimum atomic E-state index is 0.0371. The zero-order chi connectivity index (χ0) is 21.5. The molecule has 1 aliphatic carbocycles. The average molecular weight is 407 g/mol. The lowest BCUT2D eigenvalue weighted by Crippen LogP contribution is -2.35. The maximum atomic E-state index is 13.3. The molecule has 1 N–H and O–H groups in total. The van der Waals surface area contributed by atoms with E-state index in [2.05, 4.69) is 44.3 Å². The maximum absolute atomic E-state index is 13.3. The first-order valence-electron chi connectivity index (χ1n) is 11.1. The van der Waals surface area contributed by atoms with Gasteiger partial charge in [0, 0.05) is 18.2 Å². The second-order valence-electron chi connectivity index (χ2n) is 8.94. The first-order valence-corrected chi connectivity index (χ1v) is 11.1. The Balaban J connectivity index is 1.75. The summed E-state index contributed by atoms with van der Waals surface area (Å²) in [5.74, 6) is 0.816. The highest BCUT2D eigenvalue weighted by Crippen LogP contribution is 2.30. The third-order valence-corrected chi connectivity index (χ3v) is 5.71. The molecule has 1 saturated carbocycles. The summed E-state index contributed by atoms with van der Waals surface area (Å²) >= 11 is 0. The van der Waals surface area contributed by atoms with Crippen molar-refractivity contribution >= 4 is 17.5 Å². The van der Waals surface area contributed by atoms with Gasteiger partial charge in [0.1, 0.15) is 0 Å². The number of benzene rings is 2. The number of carbonyl (C=O) groups excluding carboxylic acids is 2. The Morgan fingerprint density at radius 1 is 1.03 bits per heavy atom. The lowest BCUT2D eigenvalue weighted by Gasteiger charge is -2.26. The van der Waals surface area contributed by atoms with E-state index in [1.807, 2.05) is 35.2 Å². The molecule has 2 aromatic rings. The summed E-state index contributed by atoms with van der Waals surface area (Å²) in [4.78, 5) is 27.3. The van der Waals surface area contributed by atoms with Crippen molar-refractivity contribution in [2.75, 3.05) is 11.4 Å². The zero-order valence-corrected chi connectivity index (χ0v) is 18.5. The smallest absolute Gasteiger partial charge is 0.230 e. The maximum Gasteiger partial charge on any atom is 0.230 e. The first-order chi connectivity index (χ1) is 14.4. The topological polar surface area (TPSA) is 49.4 Å². The van der Waals surface area contributed by atoms with Crippen molar-refractivity contribution in [2.24, 2.45) is 11.8 Å². The van der Waals surface area contributed by atoms with Crippen LogP contribution >= 0.6 is 0 Å². The number of hydrogen-bond acceptors (Lipinski definition) is 2. The molecule has 4 nitrogen and oxygen atoms in total. The molecule has 0 aromatic heterocycles. The van der Waals surface area contributed by atoms with E-state index < -0.39 is 0 Å². The number of nitrogens with one attached hydrogen (secondary N) is 1. The van der Waals surface area contributed by atoms with Gasteiger partial charge >= 0.3 is 0 Å². The molecular formula is C26H34N2O2. The lowest BCUT2D eigenvalue weighted by molar-refractivity contribution is -0.122. The van der Waals surface area contributed by atoms with Crippen molar-refractivity contribution in [3.8, 4) is 0 Å². The van der Waals surface area contributed by atoms with Crippen LogP contribution in [0.4, 0.5) is 5.69 Å². The predicted molar refractivity (Wildman–Crippen MR) is 122 cm³/mol. The van der Waals surface area contributed by atoms with Gasteiger partial charge in [-0.3, -0.25) is 9.59 Å². The third kappa shape index (κ3) is 6.19. The van der Waals surface area contributed by atoms with Gasteiger partial charge in [-0.25, -0.2) is 0 Å². The second-order valence-corrected chi connectivity index (χ2v) is 8.94. The van der Waals surface area contributed by atoms with Crippen molar-refractivity contribution in [3.63, 3.8) is 0 Å². The highest BCUT2D eigenvalue weighted by molar-refractivity contribution is 5.95. The summed E-state index contributed by atoms with van der Waals surface area (Å²) < 4.78 is 0. The number of nitrogens with zero attached hydrogens (tertiary/aromatic N) is 1. The van der Waals surface area contributed by atoms with Crippen molar-refractivity contribution in [1.29, 1.82) is 0 Å². The highest BCUT2D eigenvalue weighted by Gasteiger charge is 2.28. The van der Waals surface area contributed by atoms with Crippen LogP contribution in [0, 0.1) is 18.8 Å². The molecule has 0 heterocycles. The summed E-state index contributed by atoms with van der Waals surface area (Å²) in [5, 5.41) is 2.96. The van der Waals surface area contributed by atoms with Crippen LogP contribution < -0.4 is 10.2 Å².